The average molecular weight is 402 g/mol. The molecule has 1 amide bonds. The SMILES string of the molecule is CC(C)Oc1ccc(CNC(=O)c2oc3ccccc3c2CS(C)(=O)=O)cn1. The van der Waals surface area contributed by atoms with Crippen LogP contribution in [0, 0.1) is 0 Å². The molecule has 0 aliphatic carbocycles. The number of rotatable bonds is 7. The highest BCUT2D eigenvalue weighted by atomic mass is 32.2. The number of ether oxygens (including phenoxy) is 1. The lowest BCUT2D eigenvalue weighted by atomic mass is 10.1. The van der Waals surface area contributed by atoms with Gasteiger partial charge in [0.1, 0.15) is 5.58 Å². The van der Waals surface area contributed by atoms with Crippen LogP contribution in [0.1, 0.15) is 35.5 Å². The molecule has 3 rings (SSSR count). The van der Waals surface area contributed by atoms with E-state index in [1.807, 2.05) is 13.8 Å². The first-order chi connectivity index (χ1) is 13.2. The number of aromatic nitrogens is 1. The van der Waals surface area contributed by atoms with Gasteiger partial charge in [-0.1, -0.05) is 24.3 Å². The number of pyridine rings is 1. The van der Waals surface area contributed by atoms with Gasteiger partial charge in [-0.25, -0.2) is 13.4 Å². The Balaban J connectivity index is 1.79. The predicted octanol–water partition coefficient (Wildman–Crippen LogP) is 3.09. The van der Waals surface area contributed by atoms with Crippen molar-refractivity contribution in [2.45, 2.75) is 32.2 Å². The van der Waals surface area contributed by atoms with E-state index in [0.29, 0.717) is 22.4 Å². The highest BCUT2D eigenvalue weighted by Crippen LogP contribution is 2.27. The molecule has 2 aromatic heterocycles. The van der Waals surface area contributed by atoms with Crippen molar-refractivity contribution in [3.8, 4) is 5.88 Å². The van der Waals surface area contributed by atoms with Crippen molar-refractivity contribution >= 4 is 26.7 Å². The maximum absolute atomic E-state index is 12.7. The summed E-state index contributed by atoms with van der Waals surface area (Å²) in [5, 5.41) is 3.37. The van der Waals surface area contributed by atoms with Gasteiger partial charge in [0.2, 0.25) is 5.88 Å². The van der Waals surface area contributed by atoms with Gasteiger partial charge in [0, 0.05) is 36.0 Å². The molecule has 0 spiro atoms. The second kappa shape index (κ2) is 8.02. The summed E-state index contributed by atoms with van der Waals surface area (Å²) < 4.78 is 34.8. The van der Waals surface area contributed by atoms with Gasteiger partial charge in [-0.05, 0) is 25.5 Å². The molecule has 0 aliphatic rings. The number of carbonyl (C=O) groups excluding carboxylic acids is 1. The molecule has 0 fully saturated rings. The fourth-order valence-electron chi connectivity index (χ4n) is 2.78. The van der Waals surface area contributed by atoms with Crippen LogP contribution in [-0.4, -0.2) is 31.7 Å². The van der Waals surface area contributed by atoms with Crippen molar-refractivity contribution in [2.75, 3.05) is 6.26 Å². The summed E-state index contributed by atoms with van der Waals surface area (Å²) in [6.07, 6.45) is 2.77. The highest BCUT2D eigenvalue weighted by Gasteiger charge is 2.23. The zero-order chi connectivity index (χ0) is 20.3. The number of carbonyl (C=O) groups is 1. The molecule has 8 heteroatoms. The Labute approximate surface area is 163 Å². The van der Waals surface area contributed by atoms with Crippen molar-refractivity contribution in [1.29, 1.82) is 0 Å². The minimum absolute atomic E-state index is 0.0133. The van der Waals surface area contributed by atoms with Crippen molar-refractivity contribution in [2.24, 2.45) is 0 Å². The maximum Gasteiger partial charge on any atom is 0.287 e. The van der Waals surface area contributed by atoms with Gasteiger partial charge in [-0.3, -0.25) is 4.79 Å². The van der Waals surface area contributed by atoms with E-state index < -0.39 is 15.7 Å². The zero-order valence-electron chi connectivity index (χ0n) is 15.9. The van der Waals surface area contributed by atoms with Crippen molar-refractivity contribution in [3.63, 3.8) is 0 Å². The largest absolute Gasteiger partial charge is 0.475 e. The van der Waals surface area contributed by atoms with E-state index >= 15 is 0 Å². The molecule has 0 unspecified atom stereocenters. The first-order valence-electron chi connectivity index (χ1n) is 8.81. The number of nitrogens with one attached hydrogen (secondary N) is 1. The van der Waals surface area contributed by atoms with Gasteiger partial charge < -0.3 is 14.5 Å². The van der Waals surface area contributed by atoms with Crippen molar-refractivity contribution in [3.05, 3.63) is 59.5 Å². The third kappa shape index (κ3) is 4.89. The molecule has 0 saturated heterocycles. The highest BCUT2D eigenvalue weighted by molar-refractivity contribution is 7.89. The molecular formula is C20H22N2O5S. The van der Waals surface area contributed by atoms with E-state index in [2.05, 4.69) is 10.3 Å². The van der Waals surface area contributed by atoms with Crippen LogP contribution in [-0.2, 0) is 22.1 Å². The zero-order valence-corrected chi connectivity index (χ0v) is 16.7. The van der Waals surface area contributed by atoms with Gasteiger partial charge in [-0.2, -0.15) is 0 Å². The van der Waals surface area contributed by atoms with Gasteiger partial charge in [0.15, 0.2) is 15.6 Å². The summed E-state index contributed by atoms with van der Waals surface area (Å²) >= 11 is 0. The summed E-state index contributed by atoms with van der Waals surface area (Å²) in [5.41, 5.74) is 1.63. The Kier molecular flexibility index (Phi) is 5.69. The lowest BCUT2D eigenvalue weighted by Gasteiger charge is -2.09. The van der Waals surface area contributed by atoms with Gasteiger partial charge >= 0.3 is 0 Å². The molecule has 7 nitrogen and oxygen atoms in total. The molecule has 0 bridgehead atoms. The third-order valence-corrected chi connectivity index (χ3v) is 4.73. The van der Waals surface area contributed by atoms with E-state index in [4.69, 9.17) is 9.15 Å². The second-order valence-corrected chi connectivity index (χ2v) is 8.97. The number of furan rings is 1. The summed E-state index contributed by atoms with van der Waals surface area (Å²) in [7, 11) is -3.34. The summed E-state index contributed by atoms with van der Waals surface area (Å²) in [5.74, 6) is -0.218. The Morgan fingerprint density at radius 1 is 1.21 bits per heavy atom. The molecule has 0 atom stereocenters. The molecule has 0 saturated carbocycles. The Bertz CT molecular complexity index is 1090. The van der Waals surface area contributed by atoms with E-state index in [0.717, 1.165) is 11.8 Å². The van der Waals surface area contributed by atoms with Crippen LogP contribution in [0.4, 0.5) is 0 Å². The standard InChI is InChI=1S/C20H22N2O5S/c1-13(2)26-18-9-8-14(10-21-18)11-22-20(23)19-16(12-28(3,24)25)15-6-4-5-7-17(15)27-19/h4-10,13H,11-12H2,1-3H3,(H,22,23). The van der Waals surface area contributed by atoms with Crippen molar-refractivity contribution in [1.82, 2.24) is 10.3 Å². The predicted molar refractivity (Wildman–Crippen MR) is 106 cm³/mol. The molecule has 1 N–H and O–H groups in total. The monoisotopic (exact) mass is 402 g/mol. The fraction of sp³-hybridized carbons (Fsp3) is 0.300. The first kappa shape index (κ1) is 19.9. The lowest BCUT2D eigenvalue weighted by Crippen LogP contribution is -2.24. The summed E-state index contributed by atoms with van der Waals surface area (Å²) in [6.45, 7) is 4.05. The maximum atomic E-state index is 12.7. The molecule has 0 aliphatic heterocycles. The summed E-state index contributed by atoms with van der Waals surface area (Å²) in [6, 6.07) is 10.5. The Morgan fingerprint density at radius 3 is 2.61 bits per heavy atom. The van der Waals surface area contributed by atoms with Gasteiger partial charge in [0.05, 0.1) is 11.9 Å². The van der Waals surface area contributed by atoms with E-state index in [1.54, 1.807) is 42.6 Å². The molecular weight excluding hydrogens is 380 g/mol. The van der Waals surface area contributed by atoms with Gasteiger partial charge in [-0.15, -0.1) is 0 Å². The number of hydrogen-bond donors (Lipinski definition) is 1. The lowest BCUT2D eigenvalue weighted by molar-refractivity contribution is 0.0924. The second-order valence-electron chi connectivity index (χ2n) is 6.83. The number of fused-ring (bicyclic) bond motifs is 1. The minimum atomic E-state index is -3.34. The van der Waals surface area contributed by atoms with E-state index in [-0.39, 0.29) is 24.2 Å². The van der Waals surface area contributed by atoms with Crippen LogP contribution in [0.2, 0.25) is 0 Å². The molecule has 148 valence electrons. The third-order valence-electron chi connectivity index (χ3n) is 3.92. The quantitative estimate of drug-likeness (QED) is 0.652. The molecule has 0 radical (unpaired) electrons. The average Bonchev–Trinajstić information content (AvgIpc) is 2.97. The number of sulfone groups is 1. The van der Waals surface area contributed by atoms with Crippen LogP contribution in [0.3, 0.4) is 0 Å². The smallest absolute Gasteiger partial charge is 0.287 e. The number of para-hydroxylation sites is 1. The van der Waals surface area contributed by atoms with Crippen molar-refractivity contribution < 1.29 is 22.4 Å². The molecule has 3 aromatic rings. The Morgan fingerprint density at radius 2 is 1.96 bits per heavy atom. The number of hydrogen-bond acceptors (Lipinski definition) is 6. The minimum Gasteiger partial charge on any atom is -0.475 e. The fourth-order valence-corrected chi connectivity index (χ4v) is 3.59. The molecule has 2 heterocycles. The van der Waals surface area contributed by atoms with Crippen LogP contribution in [0.5, 0.6) is 5.88 Å². The van der Waals surface area contributed by atoms with E-state index in [9.17, 15) is 13.2 Å². The number of benzene rings is 1. The van der Waals surface area contributed by atoms with Crippen LogP contribution >= 0.6 is 0 Å². The van der Waals surface area contributed by atoms with Crippen LogP contribution in [0.15, 0.2) is 47.0 Å². The molecule has 1 aromatic carbocycles. The van der Waals surface area contributed by atoms with E-state index in [1.165, 1.54) is 0 Å². The van der Waals surface area contributed by atoms with Crippen LogP contribution < -0.4 is 10.1 Å². The van der Waals surface area contributed by atoms with Gasteiger partial charge in [0.25, 0.3) is 5.91 Å². The Hall–Kier alpha value is -2.87. The number of amides is 1. The van der Waals surface area contributed by atoms with Crippen LogP contribution in [0.25, 0.3) is 11.0 Å². The first-order valence-corrected chi connectivity index (χ1v) is 10.9. The molecule has 28 heavy (non-hydrogen) atoms. The number of nitrogens with zero attached hydrogens (tertiary/aromatic N) is 1. The normalized spacial score (nSPS) is 11.7. The topological polar surface area (TPSA) is 98.5 Å². The summed E-state index contributed by atoms with van der Waals surface area (Å²) in [4.78, 5) is 16.9.